The number of sulfonamides is 1. The van der Waals surface area contributed by atoms with Gasteiger partial charge in [-0.2, -0.15) is 0 Å². The summed E-state index contributed by atoms with van der Waals surface area (Å²) < 4.78 is 51.1. The second-order valence-electron chi connectivity index (χ2n) is 7.11. The summed E-state index contributed by atoms with van der Waals surface area (Å²) in [6, 6.07) is 2.31. The van der Waals surface area contributed by atoms with Gasteiger partial charge < -0.3 is 4.90 Å². The Labute approximate surface area is 260 Å². The summed E-state index contributed by atoms with van der Waals surface area (Å²) in [7, 11) is 11.4. The summed E-state index contributed by atoms with van der Waals surface area (Å²) in [5, 5.41) is 2.57. The Hall–Kier alpha value is 0.840. The van der Waals surface area contributed by atoms with Crippen LogP contribution in [0.1, 0.15) is 6.42 Å². The molecule has 1 fully saturated rings. The van der Waals surface area contributed by atoms with Crippen molar-refractivity contribution >= 4 is 124 Å². The molecule has 2 heterocycles. The highest BCUT2D eigenvalue weighted by Gasteiger charge is 2.32. The third-order valence-electron chi connectivity index (χ3n) is 4.71. The molecular formula is C17H21F2N5O3S11. The Kier molecular flexibility index (Phi) is 17.0. The fraction of sp³-hybridized carbons (Fsp3) is 0.353. The molecule has 0 radical (unpaired) electrons. The number of carbonyl (C=O) groups excluding carboxylic acids is 1. The van der Waals surface area contributed by atoms with Gasteiger partial charge in [0.1, 0.15) is 11.6 Å². The lowest BCUT2D eigenvalue weighted by atomic mass is 10.1. The predicted octanol–water partition coefficient (Wildman–Crippen LogP) is 7.87. The molecule has 0 aliphatic carbocycles. The molecule has 1 aliphatic heterocycles. The number of nitrogens with one attached hydrogen (secondary N) is 1. The average Bonchev–Trinajstić information content (AvgIpc) is 3.37. The maximum Gasteiger partial charge on any atom is 0.323 e. The van der Waals surface area contributed by atoms with Crippen molar-refractivity contribution in [2.75, 3.05) is 31.7 Å². The van der Waals surface area contributed by atoms with Gasteiger partial charge in [-0.15, -0.1) is 0 Å². The van der Waals surface area contributed by atoms with Crippen molar-refractivity contribution in [3.05, 3.63) is 42.2 Å². The summed E-state index contributed by atoms with van der Waals surface area (Å²) in [6.45, 7) is 0.596. The third kappa shape index (κ3) is 12.8. The lowest BCUT2D eigenvalue weighted by molar-refractivity contribution is 0.206. The number of thiol groups is 2. The van der Waals surface area contributed by atoms with E-state index in [1.54, 1.807) is 66.0 Å². The molecule has 2 aromatic rings. The number of benzene rings is 1. The van der Waals surface area contributed by atoms with Gasteiger partial charge >= 0.3 is 6.03 Å². The van der Waals surface area contributed by atoms with Gasteiger partial charge in [-0.1, -0.05) is 23.3 Å². The van der Waals surface area contributed by atoms with E-state index >= 15 is 0 Å². The van der Waals surface area contributed by atoms with Crippen LogP contribution in [0.5, 0.6) is 0 Å². The van der Waals surface area contributed by atoms with Gasteiger partial charge in [0.05, 0.1) is 24.3 Å². The Balaban J connectivity index is 0.000000432. The lowest BCUT2D eigenvalue weighted by Crippen LogP contribution is -2.42. The van der Waals surface area contributed by atoms with Crippen LogP contribution in [-0.4, -0.2) is 66.1 Å². The first-order valence-corrected chi connectivity index (χ1v) is 24.0. The minimum absolute atomic E-state index is 0.162. The molecule has 1 aromatic heterocycles. The highest BCUT2D eigenvalue weighted by molar-refractivity contribution is 9.52. The Morgan fingerprint density at radius 1 is 1.03 bits per heavy atom. The van der Waals surface area contributed by atoms with Crippen LogP contribution < -0.4 is 5.32 Å². The van der Waals surface area contributed by atoms with Crippen LogP contribution >= 0.6 is 102 Å². The minimum Gasteiger partial charge on any atom is -0.323 e. The van der Waals surface area contributed by atoms with E-state index in [4.69, 9.17) is 0 Å². The van der Waals surface area contributed by atoms with Gasteiger partial charge in [0.2, 0.25) is 10.0 Å². The number of halogens is 2. The fourth-order valence-electron chi connectivity index (χ4n) is 3.01. The number of anilines is 1. The Morgan fingerprint density at radius 2 is 1.61 bits per heavy atom. The molecule has 1 saturated heterocycles. The smallest absolute Gasteiger partial charge is 0.323 e. The van der Waals surface area contributed by atoms with Gasteiger partial charge in [-0.3, -0.25) is 10.3 Å². The van der Waals surface area contributed by atoms with Crippen molar-refractivity contribution in [3.63, 3.8) is 0 Å². The van der Waals surface area contributed by atoms with Crippen LogP contribution in [0.3, 0.4) is 0 Å². The zero-order valence-electron chi connectivity index (χ0n) is 19.4. The number of likely N-dealkylation sites (N-methyl/N-ethyl adjacent to an activating group) is 1. The maximum atomic E-state index is 13.3. The molecule has 0 saturated carbocycles. The van der Waals surface area contributed by atoms with Gasteiger partial charge in [-0.25, -0.2) is 31.3 Å². The van der Waals surface area contributed by atoms with Crippen LogP contribution in [0.15, 0.2) is 30.6 Å². The number of urea groups is 1. The van der Waals surface area contributed by atoms with E-state index in [0.29, 0.717) is 13.0 Å². The van der Waals surface area contributed by atoms with Crippen molar-refractivity contribution in [2.24, 2.45) is 0 Å². The number of carbonyl (C=O) groups is 1. The maximum absolute atomic E-state index is 13.3. The van der Waals surface area contributed by atoms with E-state index in [-0.39, 0.29) is 29.7 Å². The third-order valence-corrected chi connectivity index (χ3v) is 22.0. The first kappa shape index (κ1) is 35.0. The van der Waals surface area contributed by atoms with E-state index < -0.39 is 27.7 Å². The molecule has 1 N–H and O–H groups in total. The van der Waals surface area contributed by atoms with Crippen LogP contribution in [-0.2, 0) is 10.0 Å². The van der Waals surface area contributed by atoms with Gasteiger partial charge in [0.15, 0.2) is 5.82 Å². The number of hydrogen-bond acceptors (Lipinski definition) is 15. The second-order valence-corrected chi connectivity index (χ2v) is 23.6. The minimum atomic E-state index is -3.29. The number of amides is 2. The van der Waals surface area contributed by atoms with Crippen LogP contribution in [0.2, 0.25) is 0 Å². The van der Waals surface area contributed by atoms with Crippen molar-refractivity contribution in [2.45, 2.75) is 12.5 Å². The standard InChI is InChI=1S/C17H19F2N5O3S.H2S10/c1-23(14-3-4-24(10-14)28(2,26)27)17(25)22-16-9-20-15(8-21-16)11-5-12(18)7-13(19)6-11;1-3-5-7-9-10-8-6-4-2/h5-9,14H,3-4,10H2,1-2H3,(H,21,22,25);1-2H/t14-;/m0./s1. The predicted molar refractivity (Wildman–Crippen MR) is 178 cm³/mol. The molecule has 21 heteroatoms. The van der Waals surface area contributed by atoms with Crippen molar-refractivity contribution in [1.29, 1.82) is 0 Å². The zero-order valence-corrected chi connectivity index (χ0v) is 28.6. The van der Waals surface area contributed by atoms with Gasteiger partial charge in [0.25, 0.3) is 0 Å². The highest BCUT2D eigenvalue weighted by atomic mass is 34.0. The number of hydrogen-bond donors (Lipinski definition) is 3. The topological polar surface area (TPSA) is 95.5 Å². The van der Waals surface area contributed by atoms with Crippen molar-refractivity contribution < 1.29 is 22.0 Å². The molecule has 1 atom stereocenters. The molecule has 212 valence electrons. The Morgan fingerprint density at radius 3 is 2.08 bits per heavy atom. The van der Waals surface area contributed by atoms with Crippen molar-refractivity contribution in [1.82, 2.24) is 19.2 Å². The fourth-order valence-corrected chi connectivity index (χ4v) is 20.9. The molecule has 38 heavy (non-hydrogen) atoms. The molecule has 0 unspecified atom stereocenters. The van der Waals surface area contributed by atoms with Crippen LogP contribution in [0.25, 0.3) is 11.3 Å². The molecular weight excluding hydrogens is 713 g/mol. The van der Waals surface area contributed by atoms with E-state index in [2.05, 4.69) is 38.6 Å². The zero-order chi connectivity index (χ0) is 28.1. The summed E-state index contributed by atoms with van der Waals surface area (Å²) in [4.78, 5) is 21.9. The monoisotopic (exact) mass is 733 g/mol. The normalized spacial score (nSPS) is 15.6. The molecule has 0 spiro atoms. The summed E-state index contributed by atoms with van der Waals surface area (Å²) in [5.74, 6) is -1.29. The van der Waals surface area contributed by atoms with Crippen LogP contribution in [0, 0.1) is 11.6 Å². The number of nitrogens with zero attached hydrogens (tertiary/aromatic N) is 4. The van der Waals surface area contributed by atoms with E-state index in [0.717, 1.165) is 24.5 Å². The van der Waals surface area contributed by atoms with E-state index in [1.165, 1.54) is 41.3 Å². The van der Waals surface area contributed by atoms with Crippen LogP contribution in [0.4, 0.5) is 19.4 Å². The number of aromatic nitrogens is 2. The summed E-state index contributed by atoms with van der Waals surface area (Å²) >= 11 is 7.94. The van der Waals surface area contributed by atoms with E-state index in [9.17, 15) is 22.0 Å². The molecule has 1 aliphatic rings. The second kappa shape index (κ2) is 18.4. The first-order chi connectivity index (χ1) is 18.0. The average molecular weight is 734 g/mol. The molecule has 2 amide bonds. The van der Waals surface area contributed by atoms with E-state index in [1.807, 2.05) is 0 Å². The van der Waals surface area contributed by atoms with Gasteiger partial charge in [-0.05, 0) is 97.2 Å². The summed E-state index contributed by atoms with van der Waals surface area (Å²) in [5.41, 5.74) is 0.483. The van der Waals surface area contributed by atoms with Gasteiger partial charge in [0, 0.05) is 37.8 Å². The quantitative estimate of drug-likeness (QED) is 0.119. The molecule has 8 nitrogen and oxygen atoms in total. The SMILES string of the molecule is CN(C(=O)Nc1cnc(-c2cc(F)cc(F)c2)cn1)[C@H]1CCN(S(C)(=O)=O)C1.SSSSSSSSSS. The van der Waals surface area contributed by atoms with Crippen molar-refractivity contribution in [3.8, 4) is 11.3 Å². The largest absolute Gasteiger partial charge is 0.323 e. The first-order valence-electron chi connectivity index (χ1n) is 9.94. The number of rotatable bonds is 11. The lowest BCUT2D eigenvalue weighted by Gasteiger charge is -2.24. The summed E-state index contributed by atoms with van der Waals surface area (Å²) in [6.07, 6.45) is 4.25. The Bertz CT molecular complexity index is 1110. The molecule has 0 bridgehead atoms. The molecule has 3 rings (SSSR count). The molecule has 1 aromatic carbocycles. The highest BCUT2D eigenvalue weighted by Crippen LogP contribution is 2.57.